The normalized spacial score (nSPS) is 20.5. The average Bonchev–Trinajstić information content (AvgIpc) is 4.03. The second-order valence-electron chi connectivity index (χ2n) is 16.7. The molecule has 5 saturated heterocycles. The van der Waals surface area contributed by atoms with E-state index in [1.165, 1.54) is 83.0 Å². The van der Waals surface area contributed by atoms with Gasteiger partial charge in [0.25, 0.3) is 0 Å². The molecule has 5 fully saturated rings. The van der Waals surface area contributed by atoms with Gasteiger partial charge < -0.3 is 30.4 Å². The number of H-pyrrole nitrogens is 2. The summed E-state index contributed by atoms with van der Waals surface area (Å²) in [4.78, 5) is 14.5. The largest absolute Gasteiger partial charge is 0.401 e. The Morgan fingerprint density at radius 1 is 0.661 bits per heavy atom. The molecule has 7 heterocycles. The predicted molar refractivity (Wildman–Crippen MR) is 238 cm³/mol. The number of halogens is 3. The Kier molecular flexibility index (Phi) is 10.9. The quantitative estimate of drug-likeness (QED) is 0.102. The predicted octanol–water partition coefficient (Wildman–Crippen LogP) is 9.77. The topological polar surface area (TPSA) is 68.6 Å². The van der Waals surface area contributed by atoms with Crippen LogP contribution in [0.1, 0.15) is 32.1 Å². The molecule has 8 nitrogen and oxygen atoms in total. The first-order valence-corrected chi connectivity index (χ1v) is 22.6. The minimum absolute atomic E-state index is 0.160. The molecular weight excluding hydrogens is 786 g/mol. The molecule has 308 valence electrons. The maximum atomic E-state index is 12.6. The van der Waals surface area contributed by atoms with Crippen LogP contribution in [0.5, 0.6) is 0 Å². The van der Waals surface area contributed by atoms with E-state index in [9.17, 15) is 13.2 Å². The monoisotopic (exact) mass is 836 g/mol. The third-order valence-corrected chi connectivity index (χ3v) is 15.0. The highest BCUT2D eigenvalue weighted by Gasteiger charge is 2.50. The fraction of sp³-hybridized carbons (Fsp3) is 0.391. The van der Waals surface area contributed by atoms with Crippen LogP contribution < -0.4 is 20.4 Å². The first kappa shape index (κ1) is 39.1. The highest BCUT2D eigenvalue weighted by molar-refractivity contribution is 7.97. The van der Waals surface area contributed by atoms with Crippen molar-refractivity contribution in [3.63, 3.8) is 0 Å². The summed E-state index contributed by atoms with van der Waals surface area (Å²) in [5.41, 5.74) is 9.85. The summed E-state index contributed by atoms with van der Waals surface area (Å²) in [6, 6.07) is 34.6. The number of fused-ring (bicyclic) bond motifs is 2. The van der Waals surface area contributed by atoms with Crippen LogP contribution in [0.3, 0.4) is 0 Å². The van der Waals surface area contributed by atoms with Crippen molar-refractivity contribution in [2.24, 2.45) is 0 Å². The van der Waals surface area contributed by atoms with E-state index in [0.717, 1.165) is 60.6 Å². The van der Waals surface area contributed by atoms with E-state index in [2.05, 4.69) is 124 Å². The summed E-state index contributed by atoms with van der Waals surface area (Å²) in [6.45, 7) is 8.39. The third-order valence-electron chi connectivity index (χ3n) is 12.6. The lowest BCUT2D eigenvalue weighted by atomic mass is 9.82. The van der Waals surface area contributed by atoms with Gasteiger partial charge in [-0.1, -0.05) is 36.4 Å². The number of anilines is 2. The lowest BCUT2D eigenvalue weighted by Gasteiger charge is -2.57. The van der Waals surface area contributed by atoms with Crippen molar-refractivity contribution >= 4 is 57.1 Å². The van der Waals surface area contributed by atoms with Gasteiger partial charge in [0, 0.05) is 130 Å². The fourth-order valence-electron chi connectivity index (χ4n) is 9.01. The van der Waals surface area contributed by atoms with E-state index in [-0.39, 0.29) is 6.04 Å². The first-order valence-electron chi connectivity index (χ1n) is 21.1. The van der Waals surface area contributed by atoms with E-state index in [0.29, 0.717) is 18.5 Å². The number of rotatable bonds is 10. The van der Waals surface area contributed by atoms with Gasteiger partial charge in [0.2, 0.25) is 0 Å². The number of hydrogen-bond acceptors (Lipinski definition) is 8. The van der Waals surface area contributed by atoms with Crippen LogP contribution in [0.15, 0.2) is 107 Å². The summed E-state index contributed by atoms with van der Waals surface area (Å²) in [6.07, 6.45) is 1.68. The Bertz CT molecular complexity index is 2340. The van der Waals surface area contributed by atoms with Crippen molar-refractivity contribution in [1.82, 2.24) is 29.2 Å². The smallest absolute Gasteiger partial charge is 0.371 e. The van der Waals surface area contributed by atoms with E-state index in [4.69, 9.17) is 0 Å². The minimum Gasteiger partial charge on any atom is -0.371 e. The highest BCUT2D eigenvalue weighted by atomic mass is 32.2. The molecule has 2 aromatic heterocycles. The molecule has 4 N–H and O–H groups in total. The van der Waals surface area contributed by atoms with E-state index in [1.807, 2.05) is 24.1 Å². The van der Waals surface area contributed by atoms with Crippen LogP contribution in [0.2, 0.25) is 0 Å². The zero-order valence-electron chi connectivity index (χ0n) is 33.2. The lowest BCUT2D eigenvalue weighted by Crippen LogP contribution is -2.73. The SMILES string of the molecule is FC(F)(F)CNC1CCN(c2ccc(SN3CCC3)cc2-c2cc3ccccc3[nH]2)C1.c1ccc2[nH]c(-c3cc(SN4CCC45CNC5)ccc3N3CCCC3)cc2c1. The number of hydrogen-bond donors (Lipinski definition) is 4. The van der Waals surface area contributed by atoms with Gasteiger partial charge in [0.15, 0.2) is 0 Å². The molecule has 13 heteroatoms. The van der Waals surface area contributed by atoms with Crippen molar-refractivity contribution in [1.29, 1.82) is 0 Å². The maximum Gasteiger partial charge on any atom is 0.401 e. The molecule has 6 aromatic rings. The van der Waals surface area contributed by atoms with Crippen molar-refractivity contribution in [2.75, 3.05) is 75.2 Å². The molecule has 0 aliphatic carbocycles. The van der Waals surface area contributed by atoms with E-state index >= 15 is 0 Å². The standard InChI is InChI=1S/C23H25F3N4S.C23H26N4S/c24-23(25,26)15-27-17-8-11-29(14-17)22-7-6-18(31-30-9-3-10-30)13-19(22)21-12-16-4-1-2-5-20(16)28-21;1-2-6-20-17(5-1)13-21(25-20)19-14-18(7-8-22(19)26-10-3-4-11-26)28-27-12-9-23(27)15-24-16-23/h1-2,4-7,12-13,17,27-28H,3,8-11,14-15H2;1-2,5-8,13-14,24-25H,3-4,9-12,15-16H2. The van der Waals surface area contributed by atoms with Crippen molar-refractivity contribution in [3.8, 4) is 22.5 Å². The molecule has 1 unspecified atom stereocenters. The van der Waals surface area contributed by atoms with Crippen molar-refractivity contribution < 1.29 is 13.2 Å². The summed E-state index contributed by atoms with van der Waals surface area (Å²) in [7, 11) is 0. The first-order chi connectivity index (χ1) is 28.7. The molecule has 1 spiro atoms. The van der Waals surface area contributed by atoms with Crippen molar-refractivity contribution in [2.45, 2.75) is 59.7 Å². The van der Waals surface area contributed by atoms with Gasteiger partial charge in [-0.2, -0.15) is 13.2 Å². The molecular formula is C46H51F3N8S2. The number of aromatic nitrogens is 2. The molecule has 0 amide bonds. The van der Waals surface area contributed by atoms with Gasteiger partial charge in [-0.15, -0.1) is 0 Å². The number of benzene rings is 4. The Balaban J connectivity index is 0.000000143. The Labute approximate surface area is 352 Å². The highest BCUT2D eigenvalue weighted by Crippen LogP contribution is 2.45. The third kappa shape index (κ3) is 8.34. The number of aromatic amines is 2. The van der Waals surface area contributed by atoms with Gasteiger partial charge in [-0.3, -0.25) is 0 Å². The fourth-order valence-corrected chi connectivity index (χ4v) is 11.2. The lowest BCUT2D eigenvalue weighted by molar-refractivity contribution is -0.125. The minimum atomic E-state index is -4.18. The van der Waals surface area contributed by atoms with Crippen molar-refractivity contribution in [3.05, 3.63) is 97.1 Å². The van der Waals surface area contributed by atoms with Crippen LogP contribution in [-0.4, -0.2) is 102 Å². The van der Waals surface area contributed by atoms with Gasteiger partial charge in [0.1, 0.15) is 0 Å². The van der Waals surface area contributed by atoms with E-state index < -0.39 is 12.7 Å². The molecule has 11 rings (SSSR count). The Hall–Kier alpha value is -4.11. The number of alkyl halides is 3. The van der Waals surface area contributed by atoms with Gasteiger partial charge in [0.05, 0.1) is 12.1 Å². The van der Waals surface area contributed by atoms with Gasteiger partial charge in [-0.25, -0.2) is 8.61 Å². The molecule has 5 aliphatic rings. The van der Waals surface area contributed by atoms with Crippen LogP contribution in [0.4, 0.5) is 24.5 Å². The second-order valence-corrected chi connectivity index (χ2v) is 18.9. The molecule has 0 radical (unpaired) electrons. The van der Waals surface area contributed by atoms with Crippen LogP contribution in [0.25, 0.3) is 44.3 Å². The summed E-state index contributed by atoms with van der Waals surface area (Å²) < 4.78 is 42.8. The molecule has 1 atom stereocenters. The van der Waals surface area contributed by atoms with Crippen LogP contribution in [0, 0.1) is 0 Å². The molecule has 5 aliphatic heterocycles. The number of nitrogens with one attached hydrogen (secondary N) is 4. The second kappa shape index (κ2) is 16.4. The zero-order valence-corrected chi connectivity index (χ0v) is 34.8. The van der Waals surface area contributed by atoms with Gasteiger partial charge >= 0.3 is 6.18 Å². The Morgan fingerprint density at radius 2 is 1.27 bits per heavy atom. The summed E-state index contributed by atoms with van der Waals surface area (Å²) >= 11 is 3.71. The van der Waals surface area contributed by atoms with Crippen LogP contribution >= 0.6 is 23.9 Å². The Morgan fingerprint density at radius 3 is 1.80 bits per heavy atom. The maximum absolute atomic E-state index is 12.6. The van der Waals surface area contributed by atoms with Crippen LogP contribution in [-0.2, 0) is 0 Å². The molecule has 4 aromatic carbocycles. The molecule has 0 saturated carbocycles. The summed E-state index contributed by atoms with van der Waals surface area (Å²) in [5, 5.41) is 8.55. The zero-order chi connectivity index (χ0) is 40.0. The molecule has 59 heavy (non-hydrogen) atoms. The number of nitrogens with zero attached hydrogens (tertiary/aromatic N) is 4. The number of para-hydroxylation sites is 2. The average molecular weight is 837 g/mol. The summed E-state index contributed by atoms with van der Waals surface area (Å²) in [5.74, 6) is 0. The molecule has 0 bridgehead atoms. The van der Waals surface area contributed by atoms with Gasteiger partial charge in [-0.05, 0) is 117 Å². The van der Waals surface area contributed by atoms with E-state index in [1.54, 1.807) is 11.9 Å².